The highest BCUT2D eigenvalue weighted by Gasteiger charge is 1.91. The molecule has 0 aromatic carbocycles. The van der Waals surface area contributed by atoms with E-state index in [9.17, 15) is 0 Å². The first-order valence-electron chi connectivity index (χ1n) is 2.45. The first kappa shape index (κ1) is 9.54. The van der Waals surface area contributed by atoms with Gasteiger partial charge in [-0.1, -0.05) is 45.7 Å². The Balaban J connectivity index is 3.39. The Morgan fingerprint density at radius 2 is 2.11 bits per heavy atom. The summed E-state index contributed by atoms with van der Waals surface area (Å²) in [6, 6.07) is 0. The molecule has 0 aliphatic rings. The molecule has 0 amide bonds. The van der Waals surface area contributed by atoms with Crippen molar-refractivity contribution >= 4 is 39.1 Å². The number of hydrogen-bond acceptors (Lipinski definition) is 0. The summed E-state index contributed by atoms with van der Waals surface area (Å²) >= 11 is 14.1. The Hall–Kier alpha value is 0.540. The van der Waals surface area contributed by atoms with Crippen LogP contribution in [0.2, 0.25) is 0 Å². The van der Waals surface area contributed by atoms with Gasteiger partial charge in [0.1, 0.15) is 0 Å². The summed E-state index contributed by atoms with van der Waals surface area (Å²) in [7, 11) is 0. The second-order valence-corrected chi connectivity index (χ2v) is 3.40. The van der Waals surface area contributed by atoms with Gasteiger partial charge in [-0.05, 0) is 17.3 Å². The van der Waals surface area contributed by atoms with Crippen molar-refractivity contribution in [1.29, 1.82) is 0 Å². The van der Waals surface area contributed by atoms with E-state index in [-0.39, 0.29) is 0 Å². The zero-order chi connectivity index (χ0) is 7.28. The fourth-order valence-electron chi connectivity index (χ4n) is 0.310. The Labute approximate surface area is 73.7 Å². The molecule has 0 bridgehead atoms. The van der Waals surface area contributed by atoms with Crippen molar-refractivity contribution in [2.45, 2.75) is 12.8 Å². The van der Waals surface area contributed by atoms with Crippen LogP contribution in [-0.2, 0) is 0 Å². The van der Waals surface area contributed by atoms with Gasteiger partial charge in [0.05, 0.1) is 0 Å². The van der Waals surface area contributed by atoms with Crippen LogP contribution in [0.4, 0.5) is 0 Å². The van der Waals surface area contributed by atoms with E-state index in [0.29, 0.717) is 5.03 Å². The monoisotopic (exact) mass is 228 g/mol. The van der Waals surface area contributed by atoms with Gasteiger partial charge in [0.2, 0.25) is 0 Å². The van der Waals surface area contributed by atoms with E-state index < -0.39 is 0 Å². The Kier molecular flexibility index (Phi) is 5.65. The van der Waals surface area contributed by atoms with E-state index in [4.69, 9.17) is 23.2 Å². The van der Waals surface area contributed by atoms with Gasteiger partial charge in [0.15, 0.2) is 0 Å². The van der Waals surface area contributed by atoms with Gasteiger partial charge in [-0.15, -0.1) is 0 Å². The molecule has 0 saturated heterocycles. The second-order valence-electron chi connectivity index (χ2n) is 1.57. The first-order chi connectivity index (χ1) is 4.16. The molecule has 0 aliphatic carbocycles. The molecular weight excluding hydrogens is 223 g/mol. The van der Waals surface area contributed by atoms with Crippen LogP contribution in [0.25, 0.3) is 0 Å². The molecule has 0 nitrogen and oxygen atoms in total. The third-order valence-corrected chi connectivity index (χ3v) is 1.82. The van der Waals surface area contributed by atoms with E-state index in [1.165, 1.54) is 5.54 Å². The second kappa shape index (κ2) is 5.33. The van der Waals surface area contributed by atoms with Crippen molar-refractivity contribution in [3.63, 3.8) is 0 Å². The highest BCUT2D eigenvalue weighted by Crippen LogP contribution is 2.17. The molecule has 0 aromatic heterocycles. The van der Waals surface area contributed by atoms with E-state index in [0.717, 1.165) is 17.3 Å². The fourth-order valence-corrected chi connectivity index (χ4v) is 0.711. The number of rotatable bonds is 3. The van der Waals surface area contributed by atoms with Crippen LogP contribution in [0.1, 0.15) is 12.8 Å². The average Bonchev–Trinajstić information content (AvgIpc) is 1.83. The fraction of sp³-hybridized carbons (Fsp3) is 0.333. The molecule has 0 atom stereocenters. The lowest BCUT2D eigenvalue weighted by atomic mass is 10.3. The zero-order valence-electron chi connectivity index (χ0n) is 4.83. The van der Waals surface area contributed by atoms with E-state index >= 15 is 0 Å². The van der Waals surface area contributed by atoms with Crippen LogP contribution in [0.5, 0.6) is 0 Å². The molecule has 0 unspecified atom stereocenters. The van der Waals surface area contributed by atoms with E-state index in [2.05, 4.69) is 22.5 Å². The lowest BCUT2D eigenvalue weighted by Crippen LogP contribution is -1.72. The highest BCUT2D eigenvalue weighted by atomic mass is 79.9. The topological polar surface area (TPSA) is 0 Å². The van der Waals surface area contributed by atoms with Gasteiger partial charge in [-0.2, -0.15) is 0 Å². The molecule has 9 heavy (non-hydrogen) atoms. The minimum atomic E-state index is 0.664. The summed E-state index contributed by atoms with van der Waals surface area (Å²) in [6.45, 7) is 3.65. The Morgan fingerprint density at radius 1 is 1.56 bits per heavy atom. The summed E-state index contributed by atoms with van der Waals surface area (Å²) in [5.74, 6) is 0. The maximum Gasteiger partial charge on any atom is 0.0297 e. The molecule has 3 heteroatoms. The van der Waals surface area contributed by atoms with Crippen LogP contribution >= 0.6 is 39.1 Å². The summed E-state index contributed by atoms with van der Waals surface area (Å²) in [6.07, 6.45) is 1.59. The number of hydrogen-bond donors (Lipinski definition) is 0. The summed E-state index contributed by atoms with van der Waals surface area (Å²) in [5, 5.41) is 0.664. The molecule has 0 heterocycles. The highest BCUT2D eigenvalue weighted by molar-refractivity contribution is 9.11. The Morgan fingerprint density at radius 3 is 2.44 bits per heavy atom. The normalized spacial score (nSPS) is 11.7. The molecular formula is C6H7BrCl2. The SMILES string of the molecule is C=C(Br)CCC(Cl)=CCl. The molecule has 52 valence electrons. The van der Waals surface area contributed by atoms with Gasteiger partial charge >= 0.3 is 0 Å². The molecule has 0 N–H and O–H groups in total. The average molecular weight is 230 g/mol. The van der Waals surface area contributed by atoms with Crippen LogP contribution < -0.4 is 0 Å². The summed E-state index contributed by atoms with van der Waals surface area (Å²) in [5.41, 5.74) is 1.37. The zero-order valence-corrected chi connectivity index (χ0v) is 7.93. The van der Waals surface area contributed by atoms with Crippen molar-refractivity contribution in [3.05, 3.63) is 21.6 Å². The maximum atomic E-state index is 5.58. The van der Waals surface area contributed by atoms with Gasteiger partial charge in [0.25, 0.3) is 0 Å². The molecule has 0 aromatic rings. The lowest BCUT2D eigenvalue weighted by Gasteiger charge is -1.93. The smallest absolute Gasteiger partial charge is 0.0297 e. The maximum absolute atomic E-state index is 5.58. The Bertz CT molecular complexity index is 129. The van der Waals surface area contributed by atoms with Crippen LogP contribution in [0, 0.1) is 0 Å². The van der Waals surface area contributed by atoms with Gasteiger partial charge in [-0.25, -0.2) is 0 Å². The standard InChI is InChI=1S/C6H7BrCl2/c1-5(7)2-3-6(9)4-8/h4H,1-3H2. The van der Waals surface area contributed by atoms with Crippen molar-refractivity contribution in [2.24, 2.45) is 0 Å². The summed E-state index contributed by atoms with van der Waals surface area (Å²) < 4.78 is 0.944. The molecule has 0 saturated carbocycles. The van der Waals surface area contributed by atoms with Gasteiger partial charge in [0, 0.05) is 10.6 Å². The molecule has 0 spiro atoms. The van der Waals surface area contributed by atoms with Crippen LogP contribution in [-0.4, -0.2) is 0 Å². The van der Waals surface area contributed by atoms with Crippen molar-refractivity contribution < 1.29 is 0 Å². The van der Waals surface area contributed by atoms with E-state index in [1.54, 1.807) is 0 Å². The first-order valence-corrected chi connectivity index (χ1v) is 4.05. The predicted octanol–water partition coefficient (Wildman–Crippen LogP) is 3.99. The predicted molar refractivity (Wildman–Crippen MR) is 47.1 cm³/mol. The van der Waals surface area contributed by atoms with Crippen LogP contribution in [0.15, 0.2) is 21.6 Å². The molecule has 0 rings (SSSR count). The van der Waals surface area contributed by atoms with Gasteiger partial charge < -0.3 is 0 Å². The quantitative estimate of drug-likeness (QED) is 0.687. The van der Waals surface area contributed by atoms with Gasteiger partial charge in [-0.3, -0.25) is 0 Å². The number of halogens is 3. The lowest BCUT2D eigenvalue weighted by molar-refractivity contribution is 1.03. The van der Waals surface area contributed by atoms with Crippen molar-refractivity contribution in [1.82, 2.24) is 0 Å². The molecule has 0 fully saturated rings. The molecule has 0 radical (unpaired) electrons. The third-order valence-electron chi connectivity index (χ3n) is 0.753. The molecule has 0 aliphatic heterocycles. The minimum absolute atomic E-state index is 0.664. The summed E-state index contributed by atoms with van der Waals surface area (Å²) in [4.78, 5) is 0. The van der Waals surface area contributed by atoms with E-state index in [1.807, 2.05) is 0 Å². The van der Waals surface area contributed by atoms with Crippen molar-refractivity contribution in [2.75, 3.05) is 0 Å². The third kappa shape index (κ3) is 6.42. The van der Waals surface area contributed by atoms with Crippen LogP contribution in [0.3, 0.4) is 0 Å². The number of allylic oxidation sites excluding steroid dienone is 2. The van der Waals surface area contributed by atoms with Crippen molar-refractivity contribution in [3.8, 4) is 0 Å². The minimum Gasteiger partial charge on any atom is -0.0917 e. The largest absolute Gasteiger partial charge is 0.0917 e.